The van der Waals surface area contributed by atoms with Crippen LogP contribution in [0.3, 0.4) is 0 Å². The number of benzene rings is 3. The van der Waals surface area contributed by atoms with E-state index in [1.807, 2.05) is 51.1 Å². The van der Waals surface area contributed by atoms with E-state index >= 15 is 0 Å². The van der Waals surface area contributed by atoms with Gasteiger partial charge in [-0.15, -0.1) is 0 Å². The van der Waals surface area contributed by atoms with Gasteiger partial charge >= 0.3 is 0 Å². The molecule has 0 radical (unpaired) electrons. The molecule has 3 aromatic carbocycles. The van der Waals surface area contributed by atoms with Crippen LogP contribution >= 0.6 is 23.2 Å². The summed E-state index contributed by atoms with van der Waals surface area (Å²) in [5.74, 6) is -0.907. The van der Waals surface area contributed by atoms with E-state index in [1.165, 1.54) is 4.90 Å². The molecule has 3 rings (SSSR count). The van der Waals surface area contributed by atoms with Crippen LogP contribution in [0.25, 0.3) is 0 Å². The van der Waals surface area contributed by atoms with Crippen molar-refractivity contribution in [2.24, 2.45) is 0 Å². The Kier molecular flexibility index (Phi) is 10.3. The molecule has 0 aromatic heterocycles. The maximum atomic E-state index is 14.1. The number of carbonyl (C=O) groups excluding carboxylic acids is 2. The lowest BCUT2D eigenvalue weighted by molar-refractivity contribution is -0.140. The summed E-state index contributed by atoms with van der Waals surface area (Å²) < 4.78 is 26.9. The molecule has 0 unspecified atom stereocenters. The lowest BCUT2D eigenvalue weighted by Gasteiger charge is -2.35. The highest BCUT2D eigenvalue weighted by atomic mass is 35.5. The summed E-state index contributed by atoms with van der Waals surface area (Å²) in [6.45, 7) is 6.79. The Morgan fingerprint density at radius 2 is 1.57 bits per heavy atom. The predicted molar refractivity (Wildman–Crippen MR) is 162 cm³/mol. The van der Waals surface area contributed by atoms with Crippen molar-refractivity contribution < 1.29 is 18.0 Å². The second-order valence-electron chi connectivity index (χ2n) is 10.8. The summed E-state index contributed by atoms with van der Waals surface area (Å²) in [6.07, 6.45) is 1.26. The standard InChI is InChI=1S/C30H35Cl2N3O4S/c1-21-17-24(31)15-16-26(21)35(40(5,38)39)20-28(36)34(19-23-13-9-10-14-25(23)32)27(29(37)33-30(2,3)4)18-22-11-7-6-8-12-22/h6-17,27H,18-20H2,1-5H3,(H,33,37)/t27-/m0/s1. The van der Waals surface area contributed by atoms with Crippen molar-refractivity contribution in [2.45, 2.75) is 52.2 Å². The molecule has 1 N–H and O–H groups in total. The fraction of sp³-hybridized carbons (Fsp3) is 0.333. The summed E-state index contributed by atoms with van der Waals surface area (Å²) in [7, 11) is -3.88. The fourth-order valence-electron chi connectivity index (χ4n) is 4.31. The molecule has 0 bridgehead atoms. The molecule has 0 saturated carbocycles. The van der Waals surface area contributed by atoms with Crippen molar-refractivity contribution in [3.05, 3.63) is 99.5 Å². The SMILES string of the molecule is Cc1cc(Cl)ccc1N(CC(=O)N(Cc1ccccc1Cl)[C@@H](Cc1ccccc1)C(=O)NC(C)(C)C)S(C)(=O)=O. The molecular weight excluding hydrogens is 569 g/mol. The molecule has 214 valence electrons. The number of halogens is 2. The smallest absolute Gasteiger partial charge is 0.244 e. The van der Waals surface area contributed by atoms with Crippen molar-refractivity contribution in [2.75, 3.05) is 17.1 Å². The molecule has 0 fully saturated rings. The van der Waals surface area contributed by atoms with E-state index in [4.69, 9.17) is 23.2 Å². The number of amides is 2. The fourth-order valence-corrected chi connectivity index (χ4v) is 5.64. The van der Waals surface area contributed by atoms with Gasteiger partial charge in [0, 0.05) is 28.5 Å². The van der Waals surface area contributed by atoms with Gasteiger partial charge in [0.15, 0.2) is 0 Å². The highest BCUT2D eigenvalue weighted by Gasteiger charge is 2.34. The van der Waals surface area contributed by atoms with Gasteiger partial charge < -0.3 is 10.2 Å². The largest absolute Gasteiger partial charge is 0.350 e. The first kappa shape index (κ1) is 31.5. The normalized spacial score (nSPS) is 12.5. The second kappa shape index (κ2) is 13.1. The summed E-state index contributed by atoms with van der Waals surface area (Å²) in [5, 5.41) is 3.87. The highest BCUT2D eigenvalue weighted by Crippen LogP contribution is 2.27. The third-order valence-corrected chi connectivity index (χ3v) is 7.90. The summed E-state index contributed by atoms with van der Waals surface area (Å²) >= 11 is 12.6. The van der Waals surface area contributed by atoms with Gasteiger partial charge in [-0.3, -0.25) is 13.9 Å². The Bertz CT molecular complexity index is 1460. The summed E-state index contributed by atoms with van der Waals surface area (Å²) in [4.78, 5) is 29.3. The molecule has 3 aromatic rings. The van der Waals surface area contributed by atoms with E-state index < -0.39 is 34.1 Å². The van der Waals surface area contributed by atoms with E-state index in [2.05, 4.69) is 5.32 Å². The Labute approximate surface area is 247 Å². The first-order chi connectivity index (χ1) is 18.7. The van der Waals surface area contributed by atoms with Gasteiger partial charge in [-0.1, -0.05) is 71.7 Å². The molecule has 7 nitrogen and oxygen atoms in total. The van der Waals surface area contributed by atoms with Crippen LogP contribution in [0.1, 0.15) is 37.5 Å². The van der Waals surface area contributed by atoms with Gasteiger partial charge in [0.25, 0.3) is 0 Å². The van der Waals surface area contributed by atoms with Gasteiger partial charge in [0.2, 0.25) is 21.8 Å². The van der Waals surface area contributed by atoms with E-state index in [0.29, 0.717) is 26.9 Å². The Balaban J connectivity index is 2.10. The Morgan fingerprint density at radius 3 is 2.15 bits per heavy atom. The number of hydrogen-bond acceptors (Lipinski definition) is 4. The van der Waals surface area contributed by atoms with Crippen LogP contribution in [0.5, 0.6) is 0 Å². The first-order valence-corrected chi connectivity index (χ1v) is 15.4. The number of hydrogen-bond donors (Lipinski definition) is 1. The molecular formula is C30H35Cl2N3O4S. The van der Waals surface area contributed by atoms with Gasteiger partial charge in [-0.05, 0) is 68.7 Å². The van der Waals surface area contributed by atoms with Crippen LogP contribution in [-0.2, 0) is 32.6 Å². The number of nitrogens with zero attached hydrogens (tertiary/aromatic N) is 2. The molecule has 0 aliphatic carbocycles. The summed E-state index contributed by atoms with van der Waals surface area (Å²) in [5.41, 5.74) is 1.84. The molecule has 10 heteroatoms. The number of sulfonamides is 1. The second-order valence-corrected chi connectivity index (χ2v) is 13.5. The minimum absolute atomic E-state index is 0.00473. The van der Waals surface area contributed by atoms with Crippen LogP contribution < -0.4 is 9.62 Å². The van der Waals surface area contributed by atoms with Gasteiger partial charge in [-0.25, -0.2) is 8.42 Å². The molecule has 0 heterocycles. The minimum atomic E-state index is -3.88. The molecule has 0 spiro atoms. The van der Waals surface area contributed by atoms with E-state index in [9.17, 15) is 18.0 Å². The molecule has 0 saturated heterocycles. The Morgan fingerprint density at radius 1 is 0.950 bits per heavy atom. The lowest BCUT2D eigenvalue weighted by atomic mass is 10.0. The highest BCUT2D eigenvalue weighted by molar-refractivity contribution is 7.92. The third-order valence-electron chi connectivity index (χ3n) is 6.17. The van der Waals surface area contributed by atoms with Crippen molar-refractivity contribution in [1.82, 2.24) is 10.2 Å². The minimum Gasteiger partial charge on any atom is -0.350 e. The van der Waals surface area contributed by atoms with Gasteiger partial charge in [0.05, 0.1) is 11.9 Å². The van der Waals surface area contributed by atoms with Gasteiger partial charge in [-0.2, -0.15) is 0 Å². The molecule has 40 heavy (non-hydrogen) atoms. The quantitative estimate of drug-likeness (QED) is 0.326. The van der Waals surface area contributed by atoms with Crippen LogP contribution in [0.4, 0.5) is 5.69 Å². The van der Waals surface area contributed by atoms with Crippen molar-refractivity contribution in [3.63, 3.8) is 0 Å². The maximum absolute atomic E-state index is 14.1. The molecule has 1 atom stereocenters. The average molecular weight is 605 g/mol. The number of aryl methyl sites for hydroxylation is 1. The number of anilines is 1. The van der Waals surface area contributed by atoms with Crippen LogP contribution in [0.15, 0.2) is 72.8 Å². The Hall–Kier alpha value is -3.07. The zero-order chi connectivity index (χ0) is 29.7. The lowest BCUT2D eigenvalue weighted by Crippen LogP contribution is -2.56. The van der Waals surface area contributed by atoms with Crippen LogP contribution in [-0.4, -0.2) is 49.5 Å². The predicted octanol–water partition coefficient (Wildman–Crippen LogP) is 5.62. The van der Waals surface area contributed by atoms with E-state index in [1.54, 1.807) is 49.4 Å². The van der Waals surface area contributed by atoms with Crippen molar-refractivity contribution in [1.29, 1.82) is 0 Å². The molecule has 0 aliphatic heterocycles. The summed E-state index contributed by atoms with van der Waals surface area (Å²) in [6, 6.07) is 20.3. The van der Waals surface area contributed by atoms with Gasteiger partial charge in [0.1, 0.15) is 12.6 Å². The molecule has 2 amide bonds. The zero-order valence-corrected chi connectivity index (χ0v) is 25.6. The topological polar surface area (TPSA) is 86.8 Å². The molecule has 0 aliphatic rings. The number of rotatable bonds is 10. The zero-order valence-electron chi connectivity index (χ0n) is 23.3. The van der Waals surface area contributed by atoms with Crippen LogP contribution in [0, 0.1) is 6.92 Å². The average Bonchev–Trinajstić information content (AvgIpc) is 2.85. The maximum Gasteiger partial charge on any atom is 0.244 e. The van der Waals surface area contributed by atoms with Crippen LogP contribution in [0.2, 0.25) is 10.0 Å². The third kappa shape index (κ3) is 8.71. The van der Waals surface area contributed by atoms with Crippen molar-refractivity contribution >= 4 is 50.7 Å². The van der Waals surface area contributed by atoms with Crippen molar-refractivity contribution in [3.8, 4) is 0 Å². The monoisotopic (exact) mass is 603 g/mol. The number of nitrogens with one attached hydrogen (secondary N) is 1. The van der Waals surface area contributed by atoms with E-state index in [-0.39, 0.29) is 18.9 Å². The van der Waals surface area contributed by atoms with E-state index in [0.717, 1.165) is 16.1 Å². The number of carbonyl (C=O) groups is 2. The first-order valence-electron chi connectivity index (χ1n) is 12.8.